The minimum absolute atomic E-state index is 0.237. The number of ether oxygens (including phenoxy) is 1. The van der Waals surface area contributed by atoms with Crippen molar-refractivity contribution in [3.63, 3.8) is 0 Å². The van der Waals surface area contributed by atoms with E-state index in [2.05, 4.69) is 0 Å². The molecule has 0 aliphatic rings. The maximum Gasteiger partial charge on any atom is 0.196 e. The average Bonchev–Trinajstić information content (AvgIpc) is 2.41. The highest BCUT2D eigenvalue weighted by Gasteiger charge is 2.15. The lowest BCUT2D eigenvalue weighted by Gasteiger charge is -2.09. The third-order valence-electron chi connectivity index (χ3n) is 3.03. The van der Waals surface area contributed by atoms with Gasteiger partial charge in [0.25, 0.3) is 0 Å². The standard InChI is InChI=1S/C16H15FO2/c1-10-4-7-15(19-3)13(8-10)16(18)12-6-5-11(2)14(17)9-12/h4-9H,1-3H3. The Bertz CT molecular complexity index is 633. The molecule has 0 N–H and O–H groups in total. The molecule has 0 bridgehead atoms. The summed E-state index contributed by atoms with van der Waals surface area (Å²) in [5, 5.41) is 0. The maximum atomic E-state index is 13.5. The van der Waals surface area contributed by atoms with E-state index in [1.165, 1.54) is 13.2 Å². The Balaban J connectivity index is 2.49. The van der Waals surface area contributed by atoms with E-state index in [1.807, 2.05) is 13.0 Å². The Morgan fingerprint density at radius 3 is 2.47 bits per heavy atom. The van der Waals surface area contributed by atoms with Crippen LogP contribution < -0.4 is 4.74 Å². The first-order valence-electron chi connectivity index (χ1n) is 5.98. The Kier molecular flexibility index (Phi) is 3.65. The van der Waals surface area contributed by atoms with Gasteiger partial charge in [-0.15, -0.1) is 0 Å². The highest BCUT2D eigenvalue weighted by Crippen LogP contribution is 2.23. The number of benzene rings is 2. The number of halogens is 1. The van der Waals surface area contributed by atoms with Gasteiger partial charge in [-0.1, -0.05) is 23.8 Å². The first-order valence-corrected chi connectivity index (χ1v) is 5.98. The summed E-state index contributed by atoms with van der Waals surface area (Å²) in [5.41, 5.74) is 2.25. The van der Waals surface area contributed by atoms with Gasteiger partial charge in [0.1, 0.15) is 11.6 Å². The molecule has 2 aromatic rings. The molecule has 0 heterocycles. The van der Waals surface area contributed by atoms with Crippen LogP contribution in [0.4, 0.5) is 4.39 Å². The first-order chi connectivity index (χ1) is 9.02. The van der Waals surface area contributed by atoms with E-state index < -0.39 is 0 Å². The van der Waals surface area contributed by atoms with Crippen LogP contribution in [0.3, 0.4) is 0 Å². The molecular formula is C16H15FO2. The van der Waals surface area contributed by atoms with Crippen LogP contribution in [0, 0.1) is 19.7 Å². The summed E-state index contributed by atoms with van der Waals surface area (Å²) in [4.78, 5) is 12.4. The summed E-state index contributed by atoms with van der Waals surface area (Å²) in [6.45, 7) is 3.56. The van der Waals surface area contributed by atoms with Crippen LogP contribution in [0.15, 0.2) is 36.4 Å². The fraction of sp³-hybridized carbons (Fsp3) is 0.188. The number of methoxy groups -OCH3 is 1. The second-order valence-corrected chi connectivity index (χ2v) is 4.50. The zero-order valence-electron chi connectivity index (χ0n) is 11.2. The number of aryl methyl sites for hydroxylation is 2. The molecule has 0 saturated heterocycles. The van der Waals surface area contributed by atoms with Crippen molar-refractivity contribution in [1.29, 1.82) is 0 Å². The normalized spacial score (nSPS) is 10.3. The van der Waals surface area contributed by atoms with Gasteiger partial charge in [-0.25, -0.2) is 4.39 Å². The fourth-order valence-corrected chi connectivity index (χ4v) is 1.89. The Hall–Kier alpha value is -2.16. The summed E-state index contributed by atoms with van der Waals surface area (Å²) in [7, 11) is 1.51. The minimum atomic E-state index is -0.377. The van der Waals surface area contributed by atoms with Gasteiger partial charge in [0.2, 0.25) is 0 Å². The van der Waals surface area contributed by atoms with Gasteiger partial charge in [0, 0.05) is 5.56 Å². The van der Waals surface area contributed by atoms with E-state index in [0.29, 0.717) is 22.4 Å². The van der Waals surface area contributed by atoms with Gasteiger partial charge >= 0.3 is 0 Å². The minimum Gasteiger partial charge on any atom is -0.496 e. The van der Waals surface area contributed by atoms with Crippen LogP contribution in [0.2, 0.25) is 0 Å². The maximum absolute atomic E-state index is 13.5. The molecule has 0 aliphatic carbocycles. The lowest BCUT2D eigenvalue weighted by atomic mass is 9.99. The third-order valence-corrected chi connectivity index (χ3v) is 3.03. The van der Waals surface area contributed by atoms with Crippen LogP contribution in [-0.4, -0.2) is 12.9 Å². The van der Waals surface area contributed by atoms with E-state index in [9.17, 15) is 9.18 Å². The van der Waals surface area contributed by atoms with E-state index in [1.54, 1.807) is 31.2 Å². The van der Waals surface area contributed by atoms with Crippen molar-refractivity contribution >= 4 is 5.78 Å². The quantitative estimate of drug-likeness (QED) is 0.785. The van der Waals surface area contributed by atoms with Gasteiger partial charge < -0.3 is 4.74 Å². The van der Waals surface area contributed by atoms with Crippen LogP contribution >= 0.6 is 0 Å². The van der Waals surface area contributed by atoms with Crippen molar-refractivity contribution in [1.82, 2.24) is 0 Å². The predicted molar refractivity (Wildman–Crippen MR) is 72.3 cm³/mol. The van der Waals surface area contributed by atoms with Crippen LogP contribution in [0.1, 0.15) is 27.0 Å². The topological polar surface area (TPSA) is 26.3 Å². The molecule has 0 aromatic heterocycles. The summed E-state index contributed by atoms with van der Waals surface area (Å²) in [6.07, 6.45) is 0. The van der Waals surface area contributed by atoms with Crippen LogP contribution in [-0.2, 0) is 0 Å². The smallest absolute Gasteiger partial charge is 0.196 e. The zero-order valence-corrected chi connectivity index (χ0v) is 11.2. The molecule has 98 valence electrons. The molecule has 0 fully saturated rings. The molecule has 0 radical (unpaired) electrons. The highest BCUT2D eigenvalue weighted by molar-refractivity contribution is 6.10. The molecule has 19 heavy (non-hydrogen) atoms. The summed E-state index contributed by atoms with van der Waals surface area (Å²) < 4.78 is 18.7. The Morgan fingerprint density at radius 1 is 1.11 bits per heavy atom. The van der Waals surface area contributed by atoms with Crippen molar-refractivity contribution in [2.45, 2.75) is 13.8 Å². The Labute approximate surface area is 111 Å². The lowest BCUT2D eigenvalue weighted by Crippen LogP contribution is -2.05. The molecule has 0 unspecified atom stereocenters. The zero-order chi connectivity index (χ0) is 14.0. The van der Waals surface area contributed by atoms with E-state index in [-0.39, 0.29) is 11.6 Å². The molecule has 0 spiro atoms. The fourth-order valence-electron chi connectivity index (χ4n) is 1.89. The largest absolute Gasteiger partial charge is 0.496 e. The molecule has 3 heteroatoms. The van der Waals surface area contributed by atoms with Gasteiger partial charge in [0.05, 0.1) is 12.7 Å². The summed E-state index contributed by atoms with van der Waals surface area (Å²) in [5.74, 6) is -0.117. The molecule has 2 rings (SSSR count). The van der Waals surface area contributed by atoms with Crippen molar-refractivity contribution in [3.8, 4) is 5.75 Å². The number of hydrogen-bond donors (Lipinski definition) is 0. The molecular weight excluding hydrogens is 243 g/mol. The Morgan fingerprint density at radius 2 is 1.84 bits per heavy atom. The number of carbonyl (C=O) groups is 1. The van der Waals surface area contributed by atoms with E-state index >= 15 is 0 Å². The molecule has 2 nitrogen and oxygen atoms in total. The number of carbonyl (C=O) groups excluding carboxylic acids is 1. The van der Waals surface area contributed by atoms with Gasteiger partial charge in [0.15, 0.2) is 5.78 Å². The third kappa shape index (κ3) is 2.65. The monoisotopic (exact) mass is 258 g/mol. The second kappa shape index (κ2) is 5.22. The van der Waals surface area contributed by atoms with E-state index in [0.717, 1.165) is 5.56 Å². The van der Waals surface area contributed by atoms with Crippen molar-refractivity contribution in [2.24, 2.45) is 0 Å². The predicted octanol–water partition coefficient (Wildman–Crippen LogP) is 3.68. The first kappa shape index (κ1) is 13.3. The summed E-state index contributed by atoms with van der Waals surface area (Å²) >= 11 is 0. The molecule has 0 amide bonds. The molecule has 2 aromatic carbocycles. The van der Waals surface area contributed by atoms with Crippen molar-refractivity contribution in [3.05, 3.63) is 64.5 Å². The molecule has 0 atom stereocenters. The second-order valence-electron chi connectivity index (χ2n) is 4.50. The summed E-state index contributed by atoms with van der Waals surface area (Å²) in [6, 6.07) is 9.85. The van der Waals surface area contributed by atoms with Gasteiger partial charge in [-0.05, 0) is 37.6 Å². The van der Waals surface area contributed by atoms with Gasteiger partial charge in [-0.3, -0.25) is 4.79 Å². The van der Waals surface area contributed by atoms with Crippen LogP contribution in [0.25, 0.3) is 0 Å². The average molecular weight is 258 g/mol. The lowest BCUT2D eigenvalue weighted by molar-refractivity contribution is 0.103. The number of ketones is 1. The van der Waals surface area contributed by atoms with E-state index in [4.69, 9.17) is 4.74 Å². The van der Waals surface area contributed by atoms with Crippen LogP contribution in [0.5, 0.6) is 5.75 Å². The van der Waals surface area contributed by atoms with Crippen molar-refractivity contribution < 1.29 is 13.9 Å². The number of rotatable bonds is 3. The highest BCUT2D eigenvalue weighted by atomic mass is 19.1. The van der Waals surface area contributed by atoms with Gasteiger partial charge in [-0.2, -0.15) is 0 Å². The number of hydrogen-bond acceptors (Lipinski definition) is 2. The molecule has 0 saturated carbocycles. The van der Waals surface area contributed by atoms with Crippen molar-refractivity contribution in [2.75, 3.05) is 7.11 Å². The SMILES string of the molecule is COc1ccc(C)cc1C(=O)c1ccc(C)c(F)c1. The molecule has 0 aliphatic heterocycles.